The standard InChI is InChI=1S/C13H26N2O2/c1-13(2,3)17-12(16)15-9-11-6-4-5-10(7-11)8-14/h10-11H,4-9,14H2,1-3H3,(H,15,16)/t10-,11-/m0/s1. The first-order valence-electron chi connectivity index (χ1n) is 6.57. The second-order valence-corrected chi connectivity index (χ2v) is 6.02. The van der Waals surface area contributed by atoms with Crippen molar-refractivity contribution >= 4 is 6.09 Å². The summed E-state index contributed by atoms with van der Waals surface area (Å²) in [5.41, 5.74) is 5.27. The van der Waals surface area contributed by atoms with Crippen LogP contribution in [-0.2, 0) is 4.74 Å². The van der Waals surface area contributed by atoms with Gasteiger partial charge in [-0.25, -0.2) is 4.79 Å². The quantitative estimate of drug-likeness (QED) is 0.798. The number of hydrogen-bond acceptors (Lipinski definition) is 3. The van der Waals surface area contributed by atoms with Crippen molar-refractivity contribution in [2.75, 3.05) is 13.1 Å². The molecule has 0 aromatic carbocycles. The zero-order valence-electron chi connectivity index (χ0n) is 11.3. The van der Waals surface area contributed by atoms with Gasteiger partial charge in [0.25, 0.3) is 0 Å². The molecule has 1 amide bonds. The Kier molecular flexibility index (Phi) is 5.25. The number of hydrogen-bond donors (Lipinski definition) is 2. The van der Waals surface area contributed by atoms with E-state index in [4.69, 9.17) is 10.5 Å². The Balaban J connectivity index is 2.23. The lowest BCUT2D eigenvalue weighted by Crippen LogP contribution is -2.37. The fourth-order valence-electron chi connectivity index (χ4n) is 2.34. The molecule has 1 fully saturated rings. The van der Waals surface area contributed by atoms with E-state index in [1.165, 1.54) is 19.3 Å². The van der Waals surface area contributed by atoms with E-state index >= 15 is 0 Å². The number of alkyl carbamates (subject to hydrolysis) is 1. The van der Waals surface area contributed by atoms with Crippen LogP contribution in [-0.4, -0.2) is 24.8 Å². The van der Waals surface area contributed by atoms with Crippen molar-refractivity contribution in [3.8, 4) is 0 Å². The maximum atomic E-state index is 11.5. The molecule has 1 aliphatic rings. The van der Waals surface area contributed by atoms with Gasteiger partial charge in [0.2, 0.25) is 0 Å². The summed E-state index contributed by atoms with van der Waals surface area (Å²) in [5.74, 6) is 1.19. The smallest absolute Gasteiger partial charge is 0.407 e. The molecule has 0 saturated heterocycles. The van der Waals surface area contributed by atoms with Crippen LogP contribution in [0.5, 0.6) is 0 Å². The summed E-state index contributed by atoms with van der Waals surface area (Å²) >= 11 is 0. The van der Waals surface area contributed by atoms with Crippen molar-refractivity contribution < 1.29 is 9.53 Å². The second-order valence-electron chi connectivity index (χ2n) is 6.02. The molecule has 0 spiro atoms. The van der Waals surface area contributed by atoms with Crippen molar-refractivity contribution in [1.29, 1.82) is 0 Å². The number of nitrogens with two attached hydrogens (primary N) is 1. The van der Waals surface area contributed by atoms with Gasteiger partial charge in [0.1, 0.15) is 5.60 Å². The van der Waals surface area contributed by atoms with E-state index in [1.54, 1.807) is 0 Å². The normalized spacial score (nSPS) is 25.4. The van der Waals surface area contributed by atoms with E-state index in [-0.39, 0.29) is 6.09 Å². The zero-order chi connectivity index (χ0) is 12.9. The molecule has 1 saturated carbocycles. The van der Waals surface area contributed by atoms with Gasteiger partial charge in [0.05, 0.1) is 0 Å². The molecule has 2 atom stereocenters. The number of carbonyl (C=O) groups is 1. The average Bonchev–Trinajstić information content (AvgIpc) is 2.24. The number of carbonyl (C=O) groups excluding carboxylic acids is 1. The van der Waals surface area contributed by atoms with Gasteiger partial charge in [0.15, 0.2) is 0 Å². The molecule has 4 heteroatoms. The van der Waals surface area contributed by atoms with Gasteiger partial charge in [-0.3, -0.25) is 0 Å². The fourth-order valence-corrected chi connectivity index (χ4v) is 2.34. The zero-order valence-corrected chi connectivity index (χ0v) is 11.3. The summed E-state index contributed by atoms with van der Waals surface area (Å²) in [4.78, 5) is 11.5. The second kappa shape index (κ2) is 6.24. The van der Waals surface area contributed by atoms with Gasteiger partial charge in [-0.15, -0.1) is 0 Å². The molecule has 0 radical (unpaired) electrons. The topological polar surface area (TPSA) is 64.3 Å². The van der Waals surface area contributed by atoms with Crippen molar-refractivity contribution in [3.63, 3.8) is 0 Å². The number of amides is 1. The summed E-state index contributed by atoms with van der Waals surface area (Å²) in [7, 11) is 0. The minimum atomic E-state index is -0.420. The fraction of sp³-hybridized carbons (Fsp3) is 0.923. The first-order valence-corrected chi connectivity index (χ1v) is 6.57. The largest absolute Gasteiger partial charge is 0.444 e. The van der Waals surface area contributed by atoms with Crippen LogP contribution < -0.4 is 11.1 Å². The van der Waals surface area contributed by atoms with Gasteiger partial charge in [-0.2, -0.15) is 0 Å². The highest BCUT2D eigenvalue weighted by Gasteiger charge is 2.22. The van der Waals surface area contributed by atoms with Crippen LogP contribution in [0.2, 0.25) is 0 Å². The molecule has 1 aliphatic carbocycles. The predicted molar refractivity (Wildman–Crippen MR) is 68.7 cm³/mol. The van der Waals surface area contributed by atoms with Crippen molar-refractivity contribution in [2.24, 2.45) is 17.6 Å². The molecule has 0 aromatic heterocycles. The van der Waals surface area contributed by atoms with Crippen LogP contribution >= 0.6 is 0 Å². The highest BCUT2D eigenvalue weighted by Crippen LogP contribution is 2.27. The minimum Gasteiger partial charge on any atom is -0.444 e. The van der Waals surface area contributed by atoms with Crippen LogP contribution in [0, 0.1) is 11.8 Å². The van der Waals surface area contributed by atoms with Gasteiger partial charge in [-0.05, 0) is 58.4 Å². The Labute approximate surface area is 104 Å². The van der Waals surface area contributed by atoms with E-state index in [9.17, 15) is 4.79 Å². The Bertz CT molecular complexity index is 248. The Morgan fingerprint density at radius 2 is 2.00 bits per heavy atom. The van der Waals surface area contributed by atoms with Gasteiger partial charge in [-0.1, -0.05) is 6.42 Å². The lowest BCUT2D eigenvalue weighted by Gasteiger charge is -2.28. The highest BCUT2D eigenvalue weighted by molar-refractivity contribution is 5.67. The molecule has 0 bridgehead atoms. The molecule has 1 rings (SSSR count). The van der Waals surface area contributed by atoms with E-state index < -0.39 is 5.60 Å². The lowest BCUT2D eigenvalue weighted by molar-refractivity contribution is 0.0512. The minimum absolute atomic E-state index is 0.313. The van der Waals surface area contributed by atoms with Crippen LogP contribution in [0.15, 0.2) is 0 Å². The molecule has 4 nitrogen and oxygen atoms in total. The monoisotopic (exact) mass is 242 g/mol. The van der Waals surface area contributed by atoms with E-state index in [0.717, 1.165) is 13.0 Å². The summed E-state index contributed by atoms with van der Waals surface area (Å²) in [6, 6.07) is 0. The Hall–Kier alpha value is -0.770. The average molecular weight is 242 g/mol. The van der Waals surface area contributed by atoms with E-state index in [0.29, 0.717) is 18.4 Å². The summed E-state index contributed by atoms with van der Waals surface area (Å²) < 4.78 is 5.21. The molecule has 0 heterocycles. The molecule has 17 heavy (non-hydrogen) atoms. The van der Waals surface area contributed by atoms with Gasteiger partial charge >= 0.3 is 6.09 Å². The molecule has 0 aliphatic heterocycles. The van der Waals surface area contributed by atoms with Crippen LogP contribution in [0.4, 0.5) is 4.79 Å². The van der Waals surface area contributed by atoms with Gasteiger partial charge < -0.3 is 15.8 Å². The molecule has 0 aromatic rings. The molecular formula is C13H26N2O2. The third-order valence-electron chi connectivity index (χ3n) is 3.16. The first kappa shape index (κ1) is 14.3. The molecule has 100 valence electrons. The van der Waals surface area contributed by atoms with Crippen LogP contribution in [0.25, 0.3) is 0 Å². The van der Waals surface area contributed by atoms with Crippen molar-refractivity contribution in [1.82, 2.24) is 5.32 Å². The van der Waals surface area contributed by atoms with Crippen LogP contribution in [0.3, 0.4) is 0 Å². The molecule has 3 N–H and O–H groups in total. The summed E-state index contributed by atoms with van der Waals surface area (Å²) in [6.07, 6.45) is 4.47. The third-order valence-corrected chi connectivity index (χ3v) is 3.16. The maximum absolute atomic E-state index is 11.5. The number of rotatable bonds is 3. The highest BCUT2D eigenvalue weighted by atomic mass is 16.6. The number of ether oxygens (including phenoxy) is 1. The van der Waals surface area contributed by atoms with Gasteiger partial charge in [0, 0.05) is 6.54 Å². The SMILES string of the molecule is CC(C)(C)OC(=O)NC[C@H]1CCC[C@H](CN)C1. The van der Waals surface area contributed by atoms with Crippen molar-refractivity contribution in [2.45, 2.75) is 52.1 Å². The first-order chi connectivity index (χ1) is 7.90. The Morgan fingerprint density at radius 3 is 2.59 bits per heavy atom. The number of nitrogens with one attached hydrogen (secondary N) is 1. The third kappa shape index (κ3) is 5.91. The van der Waals surface area contributed by atoms with Crippen LogP contribution in [0.1, 0.15) is 46.5 Å². The summed E-state index contributed by atoms with van der Waals surface area (Å²) in [6.45, 7) is 7.10. The molecule has 0 unspecified atom stereocenters. The molecular weight excluding hydrogens is 216 g/mol. The summed E-state index contributed by atoms with van der Waals surface area (Å²) in [5, 5.41) is 2.85. The van der Waals surface area contributed by atoms with E-state index in [2.05, 4.69) is 5.32 Å². The Morgan fingerprint density at radius 1 is 1.35 bits per heavy atom. The van der Waals surface area contributed by atoms with Crippen molar-refractivity contribution in [3.05, 3.63) is 0 Å². The predicted octanol–water partition coefficient (Wildman–Crippen LogP) is 2.28. The van der Waals surface area contributed by atoms with E-state index in [1.807, 2.05) is 20.8 Å². The maximum Gasteiger partial charge on any atom is 0.407 e. The lowest BCUT2D eigenvalue weighted by atomic mass is 9.81.